The van der Waals surface area contributed by atoms with E-state index in [1.165, 1.54) is 12.8 Å². The zero-order valence-electron chi connectivity index (χ0n) is 20.3. The van der Waals surface area contributed by atoms with Crippen LogP contribution in [0.15, 0.2) is 60.7 Å². The van der Waals surface area contributed by atoms with Crippen molar-refractivity contribution in [1.29, 1.82) is 0 Å². The fourth-order valence-electron chi connectivity index (χ4n) is 4.56. The molecule has 1 saturated carbocycles. The Morgan fingerprint density at radius 1 is 1.11 bits per heavy atom. The van der Waals surface area contributed by atoms with E-state index in [1.54, 1.807) is 24.3 Å². The maximum absolute atomic E-state index is 15.6. The fraction of sp³-hybridized carbons (Fsp3) is 0.367. The first-order valence-corrected chi connectivity index (χ1v) is 12.5. The molecule has 1 atom stereocenters. The number of nitrogens with two attached hydrogens (primary N) is 1. The predicted octanol–water partition coefficient (Wildman–Crippen LogP) is 6.84. The Hall–Kier alpha value is -3.18. The molecule has 4 nitrogen and oxygen atoms in total. The van der Waals surface area contributed by atoms with Crippen LogP contribution in [0.4, 0.5) is 4.39 Å². The molecule has 0 bridgehead atoms. The first-order chi connectivity index (χ1) is 16.9. The molecule has 5 heteroatoms. The van der Waals surface area contributed by atoms with Crippen LogP contribution in [0.3, 0.4) is 0 Å². The zero-order valence-corrected chi connectivity index (χ0v) is 20.3. The third-order valence-electron chi connectivity index (χ3n) is 6.64. The van der Waals surface area contributed by atoms with Crippen LogP contribution in [0.2, 0.25) is 0 Å². The van der Waals surface area contributed by atoms with E-state index < -0.39 is 5.97 Å². The van der Waals surface area contributed by atoms with Crippen molar-refractivity contribution >= 4 is 5.97 Å². The van der Waals surface area contributed by atoms with Crippen LogP contribution in [-0.4, -0.2) is 11.1 Å². The number of carboxylic acids is 1. The van der Waals surface area contributed by atoms with Gasteiger partial charge in [-0.2, -0.15) is 0 Å². The van der Waals surface area contributed by atoms with Gasteiger partial charge in [-0.1, -0.05) is 74.7 Å². The molecule has 0 radical (unpaired) electrons. The van der Waals surface area contributed by atoms with Crippen LogP contribution in [0, 0.1) is 11.7 Å². The Morgan fingerprint density at radius 2 is 1.89 bits per heavy atom. The summed E-state index contributed by atoms with van der Waals surface area (Å²) in [6.45, 7) is 2.32. The second-order valence-electron chi connectivity index (χ2n) is 9.59. The molecule has 1 fully saturated rings. The predicted molar refractivity (Wildman–Crippen MR) is 137 cm³/mol. The molecule has 3 aromatic rings. The first kappa shape index (κ1) is 24.9. The van der Waals surface area contributed by atoms with Crippen molar-refractivity contribution in [3.05, 3.63) is 88.7 Å². The number of rotatable bonds is 12. The van der Waals surface area contributed by atoms with Crippen LogP contribution >= 0.6 is 0 Å². The van der Waals surface area contributed by atoms with Crippen LogP contribution in [0.25, 0.3) is 11.1 Å². The summed E-state index contributed by atoms with van der Waals surface area (Å²) in [6, 6.07) is 18.5. The summed E-state index contributed by atoms with van der Waals surface area (Å²) >= 11 is 0. The lowest BCUT2D eigenvalue weighted by atomic mass is 9.93. The lowest BCUT2D eigenvalue weighted by molar-refractivity contribution is -0.136. The molecule has 0 heterocycles. The highest BCUT2D eigenvalue weighted by atomic mass is 19.1. The topological polar surface area (TPSA) is 72.5 Å². The van der Waals surface area contributed by atoms with Crippen molar-refractivity contribution in [2.45, 2.75) is 64.5 Å². The summed E-state index contributed by atoms with van der Waals surface area (Å²) in [5.74, 6) is 0.195. The van der Waals surface area contributed by atoms with Gasteiger partial charge in [-0.15, -0.1) is 0 Å². The monoisotopic (exact) mass is 475 g/mol. The van der Waals surface area contributed by atoms with E-state index >= 15 is 4.39 Å². The van der Waals surface area contributed by atoms with E-state index in [0.717, 1.165) is 48.3 Å². The van der Waals surface area contributed by atoms with Gasteiger partial charge < -0.3 is 15.6 Å². The van der Waals surface area contributed by atoms with Crippen LogP contribution in [0.1, 0.15) is 67.3 Å². The highest BCUT2D eigenvalue weighted by Gasteiger charge is 2.21. The van der Waals surface area contributed by atoms with E-state index in [9.17, 15) is 9.90 Å². The molecular formula is C30H34FNO3. The Kier molecular flexibility index (Phi) is 8.19. The summed E-state index contributed by atoms with van der Waals surface area (Å²) in [6.07, 6.45) is 6.19. The summed E-state index contributed by atoms with van der Waals surface area (Å²) in [4.78, 5) is 11.2. The average Bonchev–Trinajstić information content (AvgIpc) is 3.67. The van der Waals surface area contributed by atoms with Gasteiger partial charge in [0.1, 0.15) is 18.2 Å². The molecule has 1 aliphatic rings. The normalized spacial score (nSPS) is 14.0. The van der Waals surface area contributed by atoms with Gasteiger partial charge in [0.15, 0.2) is 0 Å². The second-order valence-corrected chi connectivity index (χ2v) is 9.59. The number of ether oxygens (including phenoxy) is 1. The largest absolute Gasteiger partial charge is 0.489 e. The number of hydrogen-bond donors (Lipinski definition) is 2. The molecule has 184 valence electrons. The van der Waals surface area contributed by atoms with Gasteiger partial charge in [-0.05, 0) is 54.0 Å². The van der Waals surface area contributed by atoms with Crippen LogP contribution < -0.4 is 10.5 Å². The molecule has 4 rings (SSSR count). The lowest BCUT2D eigenvalue weighted by Gasteiger charge is -2.16. The zero-order chi connectivity index (χ0) is 24.8. The smallest absolute Gasteiger partial charge is 0.307 e. The van der Waals surface area contributed by atoms with Crippen LogP contribution in [0.5, 0.6) is 5.75 Å². The molecule has 0 aliphatic heterocycles. The van der Waals surface area contributed by atoms with E-state index in [-0.39, 0.29) is 24.9 Å². The summed E-state index contributed by atoms with van der Waals surface area (Å²) in [5, 5.41) is 9.21. The minimum atomic E-state index is -0.901. The molecule has 0 saturated heterocycles. The molecule has 0 aromatic heterocycles. The number of aryl methyl sites for hydroxylation is 1. The lowest BCUT2D eigenvalue weighted by Crippen LogP contribution is -2.12. The van der Waals surface area contributed by atoms with E-state index in [4.69, 9.17) is 10.5 Å². The molecule has 0 amide bonds. The molecule has 3 aromatic carbocycles. The molecule has 0 spiro atoms. The highest BCUT2D eigenvalue weighted by molar-refractivity contribution is 5.71. The first-order valence-electron chi connectivity index (χ1n) is 12.5. The standard InChI is InChI=1S/C30H34FNO3/c1-2-6-27(32)26-9-5-8-25(30(26)31)24-16-21(14-13-20-11-12-20)15-22(17-24)19-35-28-10-4-3-7-23(28)18-29(33)34/h3-5,7-10,15-17,20,27H,2,6,11-14,18-19,32H2,1H3,(H,33,34)/t27-/m1/s1. The maximum Gasteiger partial charge on any atom is 0.307 e. The van der Waals surface area contributed by atoms with E-state index in [0.29, 0.717) is 22.4 Å². The Morgan fingerprint density at radius 3 is 2.63 bits per heavy atom. The highest BCUT2D eigenvalue weighted by Crippen LogP contribution is 2.35. The van der Waals surface area contributed by atoms with Gasteiger partial charge >= 0.3 is 5.97 Å². The summed E-state index contributed by atoms with van der Waals surface area (Å²) in [7, 11) is 0. The van der Waals surface area contributed by atoms with E-state index in [2.05, 4.69) is 12.1 Å². The second kappa shape index (κ2) is 11.5. The molecular weight excluding hydrogens is 441 g/mol. The van der Waals surface area contributed by atoms with Gasteiger partial charge in [-0.25, -0.2) is 4.39 Å². The maximum atomic E-state index is 15.6. The number of carbonyl (C=O) groups is 1. The minimum absolute atomic E-state index is 0.0983. The molecule has 1 aliphatic carbocycles. The Bertz CT molecular complexity index is 1170. The van der Waals surface area contributed by atoms with Gasteiger partial charge in [0.2, 0.25) is 0 Å². The number of carboxylic acid groups (broad SMARTS) is 1. The van der Waals surface area contributed by atoms with Gasteiger partial charge in [0.25, 0.3) is 0 Å². The average molecular weight is 476 g/mol. The number of halogens is 1. The molecule has 0 unspecified atom stereocenters. The van der Waals surface area contributed by atoms with Crippen molar-refractivity contribution in [3.63, 3.8) is 0 Å². The Balaban J connectivity index is 1.63. The third kappa shape index (κ3) is 6.70. The van der Waals surface area contributed by atoms with Crippen molar-refractivity contribution < 1.29 is 19.0 Å². The van der Waals surface area contributed by atoms with Gasteiger partial charge in [0.05, 0.1) is 6.42 Å². The number of hydrogen-bond acceptors (Lipinski definition) is 3. The van der Waals surface area contributed by atoms with E-state index in [1.807, 2.05) is 31.2 Å². The van der Waals surface area contributed by atoms with Crippen LogP contribution in [-0.2, 0) is 24.2 Å². The number of para-hydroxylation sites is 1. The minimum Gasteiger partial charge on any atom is -0.489 e. The molecule has 3 N–H and O–H groups in total. The SMILES string of the molecule is CCC[C@@H](N)c1cccc(-c2cc(CCC3CC3)cc(COc3ccccc3CC(=O)O)c2)c1F. The number of benzene rings is 3. The van der Waals surface area contributed by atoms with Crippen molar-refractivity contribution in [1.82, 2.24) is 0 Å². The number of aliphatic carboxylic acids is 1. The van der Waals surface area contributed by atoms with Crippen molar-refractivity contribution in [3.8, 4) is 16.9 Å². The van der Waals surface area contributed by atoms with Gasteiger partial charge in [-0.3, -0.25) is 4.79 Å². The third-order valence-corrected chi connectivity index (χ3v) is 6.64. The quantitative estimate of drug-likeness (QED) is 0.301. The Labute approximate surface area is 206 Å². The summed E-state index contributed by atoms with van der Waals surface area (Å²) < 4.78 is 21.6. The molecule has 35 heavy (non-hydrogen) atoms. The van der Waals surface area contributed by atoms with Crippen molar-refractivity contribution in [2.24, 2.45) is 11.7 Å². The van der Waals surface area contributed by atoms with Crippen molar-refractivity contribution in [2.75, 3.05) is 0 Å². The van der Waals surface area contributed by atoms with Gasteiger partial charge in [0, 0.05) is 22.7 Å². The fourth-order valence-corrected chi connectivity index (χ4v) is 4.56. The summed E-state index contributed by atoms with van der Waals surface area (Å²) in [5.41, 5.74) is 10.9.